The molecule has 19 heavy (non-hydrogen) atoms. The van der Waals surface area contributed by atoms with Crippen LogP contribution in [0.4, 0.5) is 5.69 Å². The van der Waals surface area contributed by atoms with Crippen LogP contribution in [0.25, 0.3) is 0 Å². The first-order chi connectivity index (χ1) is 9.10. The van der Waals surface area contributed by atoms with Crippen LogP contribution in [0.5, 0.6) is 0 Å². The Bertz CT molecular complexity index is 423. The molecule has 0 unspecified atom stereocenters. The number of halogens is 1. The highest BCUT2D eigenvalue weighted by atomic mass is 35.5. The van der Waals surface area contributed by atoms with Crippen LogP contribution >= 0.6 is 11.6 Å². The van der Waals surface area contributed by atoms with Gasteiger partial charge in [0.25, 0.3) is 0 Å². The first-order valence-corrected chi connectivity index (χ1v) is 6.87. The summed E-state index contributed by atoms with van der Waals surface area (Å²) in [7, 11) is 3.77. The molecular formula is C14H22ClN3O. The van der Waals surface area contributed by atoms with Gasteiger partial charge < -0.3 is 15.5 Å². The first kappa shape index (κ1) is 15.8. The Morgan fingerprint density at radius 1 is 1.42 bits per heavy atom. The predicted octanol–water partition coefficient (Wildman–Crippen LogP) is 2.02. The molecule has 1 amide bonds. The van der Waals surface area contributed by atoms with Crippen LogP contribution in [0.15, 0.2) is 18.2 Å². The van der Waals surface area contributed by atoms with Gasteiger partial charge in [-0.05, 0) is 25.1 Å². The van der Waals surface area contributed by atoms with Crippen molar-refractivity contribution in [3.05, 3.63) is 28.8 Å². The van der Waals surface area contributed by atoms with E-state index in [-0.39, 0.29) is 5.91 Å². The van der Waals surface area contributed by atoms with E-state index < -0.39 is 0 Å². The van der Waals surface area contributed by atoms with Gasteiger partial charge in [0, 0.05) is 20.1 Å². The zero-order chi connectivity index (χ0) is 14.3. The molecule has 1 rings (SSSR count). The second-order valence-electron chi connectivity index (χ2n) is 4.48. The Morgan fingerprint density at radius 2 is 2.16 bits per heavy atom. The van der Waals surface area contributed by atoms with E-state index in [4.69, 9.17) is 11.6 Å². The molecule has 0 fully saturated rings. The molecule has 0 aliphatic carbocycles. The number of anilines is 1. The number of likely N-dealkylation sites (N-methyl/N-ethyl adjacent to an activating group) is 1. The van der Waals surface area contributed by atoms with E-state index in [0.717, 1.165) is 24.2 Å². The molecule has 0 aliphatic heterocycles. The summed E-state index contributed by atoms with van der Waals surface area (Å²) in [6.07, 6.45) is 0.937. The molecule has 1 aromatic rings. The van der Waals surface area contributed by atoms with Crippen molar-refractivity contribution >= 4 is 23.2 Å². The van der Waals surface area contributed by atoms with E-state index in [2.05, 4.69) is 10.6 Å². The van der Waals surface area contributed by atoms with E-state index in [0.29, 0.717) is 18.1 Å². The summed E-state index contributed by atoms with van der Waals surface area (Å²) in [5, 5.41) is 6.64. The summed E-state index contributed by atoms with van der Waals surface area (Å²) in [4.78, 5) is 13.6. The van der Waals surface area contributed by atoms with Crippen LogP contribution in [-0.4, -0.2) is 33.1 Å². The average Bonchev–Trinajstić information content (AvgIpc) is 2.36. The Balaban J connectivity index is 2.80. The number of para-hydroxylation sites is 1. The smallest absolute Gasteiger partial charge is 0.239 e. The van der Waals surface area contributed by atoms with Crippen LogP contribution in [0.2, 0.25) is 5.02 Å². The third-order valence-corrected chi connectivity index (χ3v) is 3.08. The van der Waals surface area contributed by atoms with Gasteiger partial charge >= 0.3 is 0 Å². The monoisotopic (exact) mass is 283 g/mol. The third kappa shape index (κ3) is 4.73. The zero-order valence-corrected chi connectivity index (χ0v) is 12.5. The van der Waals surface area contributed by atoms with Crippen LogP contribution in [-0.2, 0) is 11.3 Å². The van der Waals surface area contributed by atoms with Crippen LogP contribution in [0.1, 0.15) is 18.9 Å². The molecule has 0 aromatic heterocycles. The minimum atomic E-state index is 0.0136. The average molecular weight is 284 g/mol. The van der Waals surface area contributed by atoms with Crippen molar-refractivity contribution in [3.8, 4) is 0 Å². The van der Waals surface area contributed by atoms with E-state index in [1.54, 1.807) is 0 Å². The number of hydrogen-bond acceptors (Lipinski definition) is 3. The summed E-state index contributed by atoms with van der Waals surface area (Å²) in [5.74, 6) is 0.0136. The second kappa shape index (κ2) is 8.02. The van der Waals surface area contributed by atoms with Gasteiger partial charge in [-0.15, -0.1) is 0 Å². The van der Waals surface area contributed by atoms with Crippen LogP contribution in [0.3, 0.4) is 0 Å². The van der Waals surface area contributed by atoms with Crippen molar-refractivity contribution < 1.29 is 4.79 Å². The minimum absolute atomic E-state index is 0.0136. The van der Waals surface area contributed by atoms with E-state index in [9.17, 15) is 4.79 Å². The highest BCUT2D eigenvalue weighted by Crippen LogP contribution is 2.28. The van der Waals surface area contributed by atoms with Gasteiger partial charge in [0.1, 0.15) is 0 Å². The van der Waals surface area contributed by atoms with Gasteiger partial charge in [0.15, 0.2) is 0 Å². The maximum atomic E-state index is 11.8. The molecule has 0 radical (unpaired) electrons. The normalized spacial score (nSPS) is 10.3. The molecule has 5 heteroatoms. The fourth-order valence-corrected chi connectivity index (χ4v) is 2.27. The Hall–Kier alpha value is -1.26. The Morgan fingerprint density at radius 3 is 2.79 bits per heavy atom. The Labute approximate surface area is 120 Å². The number of benzene rings is 1. The van der Waals surface area contributed by atoms with Crippen molar-refractivity contribution in [3.63, 3.8) is 0 Å². The quantitative estimate of drug-likeness (QED) is 0.805. The van der Waals surface area contributed by atoms with Crippen molar-refractivity contribution in [2.24, 2.45) is 0 Å². The number of nitrogens with one attached hydrogen (secondary N) is 2. The molecule has 2 N–H and O–H groups in total. The SMILES string of the molecule is CCCNC(=O)CN(C)c1c(Cl)cccc1CNC. The van der Waals surface area contributed by atoms with Crippen LogP contribution in [0, 0.1) is 0 Å². The van der Waals surface area contributed by atoms with E-state index in [1.807, 2.05) is 44.1 Å². The number of hydrogen-bond donors (Lipinski definition) is 2. The second-order valence-corrected chi connectivity index (χ2v) is 4.89. The lowest BCUT2D eigenvalue weighted by atomic mass is 10.1. The Kier molecular flexibility index (Phi) is 6.67. The van der Waals surface area contributed by atoms with Crippen molar-refractivity contribution in [2.75, 3.05) is 32.1 Å². The van der Waals surface area contributed by atoms with Crippen molar-refractivity contribution in [2.45, 2.75) is 19.9 Å². The molecule has 0 heterocycles. The lowest BCUT2D eigenvalue weighted by Gasteiger charge is -2.23. The molecule has 0 aliphatic rings. The zero-order valence-electron chi connectivity index (χ0n) is 11.8. The fraction of sp³-hybridized carbons (Fsp3) is 0.500. The number of nitrogens with zero attached hydrogens (tertiary/aromatic N) is 1. The van der Waals surface area contributed by atoms with E-state index >= 15 is 0 Å². The molecule has 0 saturated carbocycles. The summed E-state index contributed by atoms with van der Waals surface area (Å²) < 4.78 is 0. The number of amides is 1. The van der Waals surface area contributed by atoms with Gasteiger partial charge in [-0.1, -0.05) is 30.7 Å². The third-order valence-electron chi connectivity index (χ3n) is 2.77. The summed E-state index contributed by atoms with van der Waals surface area (Å²) in [6, 6.07) is 5.78. The molecule has 1 aromatic carbocycles. The fourth-order valence-electron chi connectivity index (χ4n) is 1.94. The maximum Gasteiger partial charge on any atom is 0.239 e. The molecule has 0 atom stereocenters. The summed E-state index contributed by atoms with van der Waals surface area (Å²) >= 11 is 6.25. The maximum absolute atomic E-state index is 11.8. The summed E-state index contributed by atoms with van der Waals surface area (Å²) in [5.41, 5.74) is 1.99. The number of carbonyl (C=O) groups excluding carboxylic acids is 1. The highest BCUT2D eigenvalue weighted by Gasteiger charge is 2.13. The predicted molar refractivity (Wildman–Crippen MR) is 80.8 cm³/mol. The van der Waals surface area contributed by atoms with Gasteiger partial charge in [0.2, 0.25) is 5.91 Å². The number of rotatable bonds is 7. The van der Waals surface area contributed by atoms with E-state index in [1.165, 1.54) is 0 Å². The molecule has 0 saturated heterocycles. The minimum Gasteiger partial charge on any atom is -0.364 e. The lowest BCUT2D eigenvalue weighted by Crippen LogP contribution is -2.36. The van der Waals surface area contributed by atoms with Gasteiger partial charge in [0.05, 0.1) is 17.3 Å². The molecule has 0 spiro atoms. The highest BCUT2D eigenvalue weighted by molar-refractivity contribution is 6.33. The van der Waals surface area contributed by atoms with Crippen molar-refractivity contribution in [1.82, 2.24) is 10.6 Å². The van der Waals surface area contributed by atoms with Gasteiger partial charge in [-0.3, -0.25) is 4.79 Å². The topological polar surface area (TPSA) is 44.4 Å². The van der Waals surface area contributed by atoms with Crippen molar-refractivity contribution in [1.29, 1.82) is 0 Å². The summed E-state index contributed by atoms with van der Waals surface area (Å²) in [6.45, 7) is 3.76. The standard InChI is InChI=1S/C14H22ClN3O/c1-4-8-17-13(19)10-18(3)14-11(9-16-2)6-5-7-12(14)15/h5-7,16H,4,8-10H2,1-3H3,(H,17,19). The van der Waals surface area contributed by atoms with Crippen LogP contribution < -0.4 is 15.5 Å². The molecule has 106 valence electrons. The number of carbonyl (C=O) groups is 1. The van der Waals surface area contributed by atoms with Gasteiger partial charge in [-0.25, -0.2) is 0 Å². The largest absolute Gasteiger partial charge is 0.364 e. The van der Waals surface area contributed by atoms with Gasteiger partial charge in [-0.2, -0.15) is 0 Å². The molecular weight excluding hydrogens is 262 g/mol. The molecule has 4 nitrogen and oxygen atoms in total. The lowest BCUT2D eigenvalue weighted by molar-refractivity contribution is -0.119. The first-order valence-electron chi connectivity index (χ1n) is 6.50. The molecule has 0 bridgehead atoms.